The van der Waals surface area contributed by atoms with Crippen molar-refractivity contribution in [3.05, 3.63) is 77.7 Å². The highest BCUT2D eigenvalue weighted by Crippen LogP contribution is 2.22. The summed E-state index contributed by atoms with van der Waals surface area (Å²) in [6.07, 6.45) is 5.64. The molecular formula is C21H18FN3O. The average Bonchev–Trinajstić information content (AvgIpc) is 3.02. The minimum Gasteiger partial charge on any atom is -0.348 e. The van der Waals surface area contributed by atoms with Crippen molar-refractivity contribution in [2.45, 2.75) is 19.5 Å². The maximum absolute atomic E-state index is 12.9. The molecule has 1 N–H and O–H groups in total. The summed E-state index contributed by atoms with van der Waals surface area (Å²) >= 11 is 0. The van der Waals surface area contributed by atoms with E-state index in [9.17, 15) is 9.18 Å². The van der Waals surface area contributed by atoms with Gasteiger partial charge in [-0.05, 0) is 29.8 Å². The number of rotatable bonds is 6. The van der Waals surface area contributed by atoms with Crippen molar-refractivity contribution < 1.29 is 9.18 Å². The summed E-state index contributed by atoms with van der Waals surface area (Å²) in [4.78, 5) is 12.0. The zero-order valence-corrected chi connectivity index (χ0v) is 14.2. The Balaban J connectivity index is 1.70. The van der Waals surface area contributed by atoms with Crippen LogP contribution in [0.1, 0.15) is 17.5 Å². The molecule has 3 rings (SSSR count). The van der Waals surface area contributed by atoms with Crippen molar-refractivity contribution in [3.63, 3.8) is 0 Å². The molecular weight excluding hydrogens is 329 g/mol. The lowest BCUT2D eigenvalue weighted by Gasteiger charge is -2.02. The minimum atomic E-state index is -0.298. The zero-order valence-electron chi connectivity index (χ0n) is 14.2. The number of nitrogens with one attached hydrogen (secondary N) is 1. The molecule has 0 aliphatic carbocycles. The molecule has 0 fully saturated rings. The number of benzene rings is 2. The second-order valence-corrected chi connectivity index (χ2v) is 5.88. The van der Waals surface area contributed by atoms with Gasteiger partial charge < -0.3 is 9.88 Å². The topological polar surface area (TPSA) is 57.8 Å². The molecule has 0 saturated carbocycles. The van der Waals surface area contributed by atoms with Gasteiger partial charge in [0, 0.05) is 41.8 Å². The number of hydrogen-bond donors (Lipinski definition) is 1. The van der Waals surface area contributed by atoms with Crippen LogP contribution in [0.25, 0.3) is 17.0 Å². The number of nitrogens with zero attached hydrogens (tertiary/aromatic N) is 2. The molecule has 0 atom stereocenters. The van der Waals surface area contributed by atoms with Gasteiger partial charge in [0.25, 0.3) is 0 Å². The normalized spacial score (nSPS) is 10.9. The summed E-state index contributed by atoms with van der Waals surface area (Å²) in [6, 6.07) is 16.1. The Hall–Kier alpha value is -3.39. The monoisotopic (exact) mass is 347 g/mol. The highest BCUT2D eigenvalue weighted by Gasteiger charge is 2.06. The van der Waals surface area contributed by atoms with E-state index >= 15 is 0 Å². The molecule has 0 bridgehead atoms. The summed E-state index contributed by atoms with van der Waals surface area (Å²) in [7, 11) is 0. The SMILES string of the molecule is N#CCCn1cc(/C=C/C(=O)NCc2ccc(F)cc2)c2ccccc21. The van der Waals surface area contributed by atoms with E-state index < -0.39 is 0 Å². The van der Waals surface area contributed by atoms with Crippen LogP contribution in [0.4, 0.5) is 4.39 Å². The van der Waals surface area contributed by atoms with Crippen molar-refractivity contribution >= 4 is 22.9 Å². The van der Waals surface area contributed by atoms with Crippen molar-refractivity contribution in [1.82, 2.24) is 9.88 Å². The lowest BCUT2D eigenvalue weighted by molar-refractivity contribution is -0.116. The second-order valence-electron chi connectivity index (χ2n) is 5.88. The van der Waals surface area contributed by atoms with Crippen LogP contribution in [-0.4, -0.2) is 10.5 Å². The molecule has 1 aromatic heterocycles. The number of aromatic nitrogens is 1. The predicted octanol–water partition coefficient (Wildman–Crippen LogP) is 4.02. The Labute approximate surface area is 151 Å². The van der Waals surface area contributed by atoms with Gasteiger partial charge >= 0.3 is 0 Å². The van der Waals surface area contributed by atoms with Crippen molar-refractivity contribution in [2.75, 3.05) is 0 Å². The van der Waals surface area contributed by atoms with E-state index in [0.717, 1.165) is 22.0 Å². The third kappa shape index (κ3) is 4.17. The maximum Gasteiger partial charge on any atom is 0.244 e. The molecule has 1 heterocycles. The summed E-state index contributed by atoms with van der Waals surface area (Å²) in [5.41, 5.74) is 2.80. The molecule has 0 spiro atoms. The molecule has 5 heteroatoms. The van der Waals surface area contributed by atoms with Crippen LogP contribution in [0.2, 0.25) is 0 Å². The fourth-order valence-electron chi connectivity index (χ4n) is 2.78. The molecule has 0 unspecified atom stereocenters. The number of carbonyl (C=O) groups excluding carboxylic acids is 1. The first-order valence-electron chi connectivity index (χ1n) is 8.32. The van der Waals surface area contributed by atoms with Crippen molar-refractivity contribution in [2.24, 2.45) is 0 Å². The van der Waals surface area contributed by atoms with Crippen LogP contribution in [0.3, 0.4) is 0 Å². The van der Waals surface area contributed by atoms with Gasteiger partial charge in [-0.15, -0.1) is 0 Å². The Kier molecular flexibility index (Phi) is 5.45. The lowest BCUT2D eigenvalue weighted by Crippen LogP contribution is -2.20. The van der Waals surface area contributed by atoms with Crippen LogP contribution >= 0.6 is 0 Å². The van der Waals surface area contributed by atoms with Gasteiger partial charge in [-0.2, -0.15) is 5.26 Å². The summed E-state index contributed by atoms with van der Waals surface area (Å²) in [5.74, 6) is -0.518. The molecule has 0 aliphatic rings. The largest absolute Gasteiger partial charge is 0.348 e. The number of aryl methyl sites for hydroxylation is 1. The Morgan fingerprint density at radius 1 is 1.19 bits per heavy atom. The van der Waals surface area contributed by atoms with Gasteiger partial charge in [-0.25, -0.2) is 4.39 Å². The Morgan fingerprint density at radius 2 is 1.96 bits per heavy atom. The number of halogens is 1. The van der Waals surface area contributed by atoms with E-state index in [1.165, 1.54) is 18.2 Å². The van der Waals surface area contributed by atoms with E-state index in [4.69, 9.17) is 5.26 Å². The fraction of sp³-hybridized carbons (Fsp3) is 0.143. The van der Waals surface area contributed by atoms with Crippen LogP contribution in [0, 0.1) is 17.1 Å². The van der Waals surface area contributed by atoms with Crippen LogP contribution in [-0.2, 0) is 17.9 Å². The van der Waals surface area contributed by atoms with Gasteiger partial charge in [-0.1, -0.05) is 30.3 Å². The molecule has 4 nitrogen and oxygen atoms in total. The van der Waals surface area contributed by atoms with Gasteiger partial charge in [0.05, 0.1) is 12.5 Å². The first-order chi connectivity index (χ1) is 12.7. The predicted molar refractivity (Wildman–Crippen MR) is 99.4 cm³/mol. The molecule has 0 aliphatic heterocycles. The second kappa shape index (κ2) is 8.13. The van der Waals surface area contributed by atoms with Gasteiger partial charge in [0.1, 0.15) is 5.82 Å². The number of amides is 1. The number of fused-ring (bicyclic) bond motifs is 1. The first-order valence-corrected chi connectivity index (χ1v) is 8.32. The highest BCUT2D eigenvalue weighted by molar-refractivity contribution is 5.96. The highest BCUT2D eigenvalue weighted by atomic mass is 19.1. The van der Waals surface area contributed by atoms with Crippen LogP contribution in [0.15, 0.2) is 60.8 Å². The van der Waals surface area contributed by atoms with Crippen LogP contribution < -0.4 is 5.32 Å². The quantitative estimate of drug-likeness (QED) is 0.685. The minimum absolute atomic E-state index is 0.219. The smallest absolute Gasteiger partial charge is 0.244 e. The molecule has 0 radical (unpaired) electrons. The van der Waals surface area contributed by atoms with Crippen molar-refractivity contribution in [1.29, 1.82) is 5.26 Å². The third-order valence-corrected chi connectivity index (χ3v) is 4.08. The van der Waals surface area contributed by atoms with Gasteiger partial charge in [-0.3, -0.25) is 4.79 Å². The van der Waals surface area contributed by atoms with Crippen molar-refractivity contribution in [3.8, 4) is 6.07 Å². The first kappa shape index (κ1) is 17.4. The number of carbonyl (C=O) groups is 1. The summed E-state index contributed by atoms with van der Waals surface area (Å²) in [5, 5.41) is 12.6. The lowest BCUT2D eigenvalue weighted by atomic mass is 10.1. The van der Waals surface area contributed by atoms with Gasteiger partial charge in [0.2, 0.25) is 5.91 Å². The summed E-state index contributed by atoms with van der Waals surface area (Å²) < 4.78 is 14.9. The summed E-state index contributed by atoms with van der Waals surface area (Å²) in [6.45, 7) is 0.953. The van der Waals surface area contributed by atoms with E-state index in [2.05, 4.69) is 11.4 Å². The number of para-hydroxylation sites is 1. The zero-order chi connectivity index (χ0) is 18.4. The van der Waals surface area contributed by atoms with E-state index in [0.29, 0.717) is 19.5 Å². The standard InChI is InChI=1S/C21H18FN3O/c22-18-9-6-16(7-10-18)14-24-21(26)11-8-17-15-25(13-3-12-23)20-5-2-1-4-19(17)20/h1-2,4-11,15H,3,13-14H2,(H,24,26)/b11-8+. The fourth-order valence-corrected chi connectivity index (χ4v) is 2.78. The van der Waals surface area contributed by atoms with E-state index in [1.54, 1.807) is 18.2 Å². The van der Waals surface area contributed by atoms with Crippen LogP contribution in [0.5, 0.6) is 0 Å². The maximum atomic E-state index is 12.9. The van der Waals surface area contributed by atoms with E-state index in [-0.39, 0.29) is 11.7 Å². The Bertz CT molecular complexity index is 981. The molecule has 130 valence electrons. The molecule has 1 amide bonds. The molecule has 0 saturated heterocycles. The molecule has 26 heavy (non-hydrogen) atoms. The number of hydrogen-bond acceptors (Lipinski definition) is 2. The van der Waals surface area contributed by atoms with Gasteiger partial charge in [0.15, 0.2) is 0 Å². The number of nitriles is 1. The van der Waals surface area contributed by atoms with E-state index in [1.807, 2.05) is 35.0 Å². The average molecular weight is 347 g/mol. The molecule has 3 aromatic rings. The Morgan fingerprint density at radius 3 is 2.73 bits per heavy atom. The third-order valence-electron chi connectivity index (χ3n) is 4.08. The molecule has 2 aromatic carbocycles.